The van der Waals surface area contributed by atoms with Crippen LogP contribution >= 0.6 is 15.9 Å². The smallest absolute Gasteiger partial charge is 0.358 e. The second-order valence-electron chi connectivity index (χ2n) is 4.12. The zero-order valence-electron chi connectivity index (χ0n) is 10.2. The monoisotopic (exact) mass is 311 g/mol. The molecule has 0 aliphatic rings. The van der Waals surface area contributed by atoms with Crippen molar-refractivity contribution in [1.29, 1.82) is 0 Å². The molecule has 5 nitrogen and oxygen atoms in total. The fourth-order valence-electron chi connectivity index (χ4n) is 1.83. The quantitative estimate of drug-likeness (QED) is 0.877. The number of hydrogen-bond acceptors (Lipinski definition) is 4. The van der Waals surface area contributed by atoms with Gasteiger partial charge in [0.1, 0.15) is 5.82 Å². The molecule has 1 unspecified atom stereocenters. The molecule has 2 aromatic heterocycles. The number of halogens is 1. The lowest BCUT2D eigenvalue weighted by Crippen LogP contribution is -2.19. The molecule has 2 heterocycles. The highest BCUT2D eigenvalue weighted by molar-refractivity contribution is 9.10. The number of fused-ring (bicyclic) bond motifs is 1. The molecular formula is C12H14BrN3O2. The lowest BCUT2D eigenvalue weighted by atomic mass is 10.2. The molecule has 2 N–H and O–H groups in total. The van der Waals surface area contributed by atoms with Crippen LogP contribution < -0.4 is 5.73 Å². The second-order valence-corrected chi connectivity index (χ2v) is 4.98. The molecule has 0 spiro atoms. The fourth-order valence-corrected chi connectivity index (χ4v) is 2.36. The average Bonchev–Trinajstić information content (AvgIpc) is 2.68. The molecule has 0 radical (unpaired) electrons. The van der Waals surface area contributed by atoms with Crippen LogP contribution in [0.2, 0.25) is 0 Å². The second kappa shape index (κ2) is 5.07. The summed E-state index contributed by atoms with van der Waals surface area (Å²) >= 11 is 3.42. The van der Waals surface area contributed by atoms with Gasteiger partial charge in [0.15, 0.2) is 5.69 Å². The van der Waals surface area contributed by atoms with Gasteiger partial charge in [-0.1, -0.05) is 0 Å². The number of methoxy groups -OCH3 is 1. The van der Waals surface area contributed by atoms with E-state index in [0.29, 0.717) is 17.6 Å². The highest BCUT2D eigenvalue weighted by Gasteiger charge is 2.20. The third-order valence-corrected chi connectivity index (χ3v) is 3.21. The van der Waals surface area contributed by atoms with Crippen LogP contribution in [0.1, 0.15) is 23.2 Å². The highest BCUT2D eigenvalue weighted by Crippen LogP contribution is 2.23. The van der Waals surface area contributed by atoms with E-state index in [1.165, 1.54) is 7.11 Å². The Morgan fingerprint density at radius 3 is 3.00 bits per heavy atom. The summed E-state index contributed by atoms with van der Waals surface area (Å²) in [6.07, 6.45) is 2.45. The van der Waals surface area contributed by atoms with Gasteiger partial charge in [0.25, 0.3) is 0 Å². The number of nitrogens with two attached hydrogens (primary N) is 1. The Bertz CT molecular complexity index is 592. The maximum absolute atomic E-state index is 11.7. The van der Waals surface area contributed by atoms with Crippen molar-refractivity contribution in [2.24, 2.45) is 5.73 Å². The van der Waals surface area contributed by atoms with E-state index in [9.17, 15) is 4.79 Å². The number of pyridine rings is 1. The molecule has 0 amide bonds. The van der Waals surface area contributed by atoms with Crippen LogP contribution in [0, 0.1) is 0 Å². The minimum atomic E-state index is -0.449. The third kappa shape index (κ3) is 2.26. The van der Waals surface area contributed by atoms with Gasteiger partial charge in [0.2, 0.25) is 0 Å². The minimum Gasteiger partial charge on any atom is -0.464 e. The molecule has 0 aliphatic carbocycles. The molecule has 18 heavy (non-hydrogen) atoms. The first-order valence-corrected chi connectivity index (χ1v) is 6.33. The number of esters is 1. The lowest BCUT2D eigenvalue weighted by molar-refractivity contribution is 0.0596. The van der Waals surface area contributed by atoms with Crippen molar-refractivity contribution in [1.82, 2.24) is 9.38 Å². The van der Waals surface area contributed by atoms with E-state index in [4.69, 9.17) is 10.5 Å². The molecule has 6 heteroatoms. The van der Waals surface area contributed by atoms with Gasteiger partial charge in [-0.05, 0) is 35.0 Å². The maximum atomic E-state index is 11.7. The van der Waals surface area contributed by atoms with Crippen molar-refractivity contribution >= 4 is 27.4 Å². The number of ether oxygens (including phenoxy) is 1. The molecule has 96 valence electrons. The molecule has 2 aromatic rings. The summed E-state index contributed by atoms with van der Waals surface area (Å²) in [5, 5.41) is 0. The van der Waals surface area contributed by atoms with E-state index in [0.717, 1.165) is 10.3 Å². The number of nitrogens with zero attached hydrogens (tertiary/aromatic N) is 2. The predicted molar refractivity (Wildman–Crippen MR) is 71.6 cm³/mol. The van der Waals surface area contributed by atoms with Gasteiger partial charge in [0, 0.05) is 23.1 Å². The first-order valence-electron chi connectivity index (χ1n) is 5.54. The fraction of sp³-hybridized carbons (Fsp3) is 0.333. The summed E-state index contributed by atoms with van der Waals surface area (Å²) in [5.41, 5.74) is 6.80. The van der Waals surface area contributed by atoms with Crippen molar-refractivity contribution in [3.05, 3.63) is 34.3 Å². The number of carbonyl (C=O) groups excluding carboxylic acids is 1. The number of carbonyl (C=O) groups is 1. The lowest BCUT2D eigenvalue weighted by Gasteiger charge is -2.04. The number of rotatable bonds is 3. The summed E-state index contributed by atoms with van der Waals surface area (Å²) in [7, 11) is 1.34. The molecule has 0 bridgehead atoms. The average molecular weight is 312 g/mol. The molecule has 0 aromatic carbocycles. The minimum absolute atomic E-state index is 0.0277. The molecule has 0 aliphatic heterocycles. The van der Waals surface area contributed by atoms with Gasteiger partial charge >= 0.3 is 5.97 Å². The van der Waals surface area contributed by atoms with E-state index >= 15 is 0 Å². The summed E-state index contributed by atoms with van der Waals surface area (Å²) in [6.45, 7) is 1.90. The first-order chi connectivity index (χ1) is 8.54. The van der Waals surface area contributed by atoms with Crippen LogP contribution in [0.25, 0.3) is 5.52 Å². The van der Waals surface area contributed by atoms with Gasteiger partial charge in [-0.15, -0.1) is 0 Å². The van der Waals surface area contributed by atoms with Crippen LogP contribution in [-0.2, 0) is 11.2 Å². The largest absolute Gasteiger partial charge is 0.464 e. The van der Waals surface area contributed by atoms with E-state index in [1.807, 2.05) is 29.7 Å². The summed E-state index contributed by atoms with van der Waals surface area (Å²) in [4.78, 5) is 16.1. The Morgan fingerprint density at radius 1 is 1.67 bits per heavy atom. The first kappa shape index (κ1) is 13.0. The number of imidazole rings is 1. The van der Waals surface area contributed by atoms with Gasteiger partial charge in [-0.3, -0.25) is 0 Å². The van der Waals surface area contributed by atoms with E-state index in [1.54, 1.807) is 0 Å². The normalized spacial score (nSPS) is 12.7. The van der Waals surface area contributed by atoms with Crippen LogP contribution in [0.4, 0.5) is 0 Å². The van der Waals surface area contributed by atoms with E-state index in [-0.39, 0.29) is 6.04 Å². The molecule has 0 saturated heterocycles. The molecule has 1 atom stereocenters. The Balaban J connectivity index is 2.67. The topological polar surface area (TPSA) is 69.6 Å². The third-order valence-electron chi connectivity index (χ3n) is 2.57. The molecular weight excluding hydrogens is 298 g/mol. The highest BCUT2D eigenvalue weighted by atomic mass is 79.9. The van der Waals surface area contributed by atoms with Crippen molar-refractivity contribution < 1.29 is 9.53 Å². The summed E-state index contributed by atoms with van der Waals surface area (Å²) < 4.78 is 7.41. The Hall–Kier alpha value is -1.40. The maximum Gasteiger partial charge on any atom is 0.358 e. The van der Waals surface area contributed by atoms with Crippen LogP contribution in [-0.4, -0.2) is 28.5 Å². The summed E-state index contributed by atoms with van der Waals surface area (Å²) in [5.74, 6) is 0.303. The Kier molecular flexibility index (Phi) is 3.68. The van der Waals surface area contributed by atoms with Crippen molar-refractivity contribution in [3.63, 3.8) is 0 Å². The van der Waals surface area contributed by atoms with Gasteiger partial charge in [-0.25, -0.2) is 9.78 Å². The summed E-state index contributed by atoms with van der Waals surface area (Å²) in [6, 6.07) is 3.71. The standard InChI is InChI=1S/C12H14BrN3O2/c1-7(14)6-9-15-10(12(17)18-2)11-8(13)4-3-5-16(9)11/h3-5,7H,6,14H2,1-2H3. The molecule has 2 rings (SSSR count). The SMILES string of the molecule is COC(=O)c1nc(CC(C)N)n2cccc(Br)c12. The van der Waals surface area contributed by atoms with Crippen molar-refractivity contribution in [2.75, 3.05) is 7.11 Å². The van der Waals surface area contributed by atoms with Crippen LogP contribution in [0.5, 0.6) is 0 Å². The van der Waals surface area contributed by atoms with Gasteiger partial charge in [0.05, 0.1) is 12.6 Å². The van der Waals surface area contributed by atoms with Gasteiger partial charge in [-0.2, -0.15) is 0 Å². The molecule has 0 fully saturated rings. The van der Waals surface area contributed by atoms with Gasteiger partial charge < -0.3 is 14.9 Å². The van der Waals surface area contributed by atoms with Crippen molar-refractivity contribution in [3.8, 4) is 0 Å². The zero-order chi connectivity index (χ0) is 13.3. The Labute approximate surface area is 113 Å². The Morgan fingerprint density at radius 2 is 2.39 bits per heavy atom. The number of aromatic nitrogens is 2. The van der Waals surface area contributed by atoms with Crippen LogP contribution in [0.15, 0.2) is 22.8 Å². The van der Waals surface area contributed by atoms with Crippen LogP contribution in [0.3, 0.4) is 0 Å². The van der Waals surface area contributed by atoms with E-state index in [2.05, 4.69) is 20.9 Å². The molecule has 0 saturated carbocycles. The van der Waals surface area contributed by atoms with E-state index < -0.39 is 5.97 Å². The predicted octanol–water partition coefficient (Wildman–Crippen LogP) is 1.77. The zero-order valence-corrected chi connectivity index (χ0v) is 11.8. The number of hydrogen-bond donors (Lipinski definition) is 1. The van der Waals surface area contributed by atoms with Crippen molar-refractivity contribution in [2.45, 2.75) is 19.4 Å².